The molecule has 0 bridgehead atoms. The Morgan fingerprint density at radius 2 is 1.50 bits per heavy atom. The van der Waals surface area contributed by atoms with Crippen LogP contribution in [-0.4, -0.2) is 62.2 Å². The molecule has 1 unspecified atom stereocenters. The molecule has 1 fully saturated rings. The molecule has 3 aromatic rings. The van der Waals surface area contributed by atoms with E-state index in [4.69, 9.17) is 0 Å². The van der Waals surface area contributed by atoms with Crippen LogP contribution in [0.15, 0.2) is 72.8 Å². The fourth-order valence-electron chi connectivity index (χ4n) is 5.80. The number of amides is 2. The molecule has 9 heteroatoms. The van der Waals surface area contributed by atoms with Crippen LogP contribution in [0.2, 0.25) is 0 Å². The van der Waals surface area contributed by atoms with Gasteiger partial charge in [0.15, 0.2) is 0 Å². The van der Waals surface area contributed by atoms with Gasteiger partial charge < -0.3 is 10.2 Å². The second kappa shape index (κ2) is 14.9. The van der Waals surface area contributed by atoms with Gasteiger partial charge in [-0.1, -0.05) is 91.6 Å². The molecule has 0 saturated heterocycles. The summed E-state index contributed by atoms with van der Waals surface area (Å²) in [5.74, 6) is -0.659. The lowest BCUT2D eigenvalue weighted by Gasteiger charge is -2.36. The summed E-state index contributed by atoms with van der Waals surface area (Å²) in [4.78, 5) is 30.2. The average molecular weight is 619 g/mol. The van der Waals surface area contributed by atoms with Crippen molar-refractivity contribution in [2.45, 2.75) is 77.9 Å². The van der Waals surface area contributed by atoms with E-state index in [0.717, 1.165) is 64.2 Å². The van der Waals surface area contributed by atoms with Crippen molar-refractivity contribution in [1.82, 2.24) is 14.5 Å². The van der Waals surface area contributed by atoms with Gasteiger partial charge in [0.1, 0.15) is 12.6 Å². The lowest BCUT2D eigenvalue weighted by Crippen LogP contribution is -2.55. The summed E-state index contributed by atoms with van der Waals surface area (Å²) in [6.45, 7) is 5.43. The molecule has 4 rings (SSSR count). The summed E-state index contributed by atoms with van der Waals surface area (Å²) in [6, 6.07) is 22.3. The fraction of sp³-hybridized carbons (Fsp3) is 0.429. The lowest BCUT2D eigenvalue weighted by molar-refractivity contribution is -0.140. The number of benzene rings is 3. The molecule has 1 saturated carbocycles. The zero-order chi connectivity index (χ0) is 31.9. The molecule has 1 aliphatic rings. The van der Waals surface area contributed by atoms with Crippen LogP contribution in [0.25, 0.3) is 0 Å². The number of hydrogen-bond acceptors (Lipinski definition) is 4. The van der Waals surface area contributed by atoms with Gasteiger partial charge in [-0.3, -0.25) is 9.59 Å². The summed E-state index contributed by atoms with van der Waals surface area (Å²) in [5, 5.41) is 3.25. The molecule has 44 heavy (non-hydrogen) atoms. The van der Waals surface area contributed by atoms with Crippen LogP contribution in [0.3, 0.4) is 0 Å². The van der Waals surface area contributed by atoms with Crippen molar-refractivity contribution >= 4 is 27.7 Å². The van der Waals surface area contributed by atoms with Crippen molar-refractivity contribution in [3.05, 3.63) is 101 Å². The Kier molecular flexibility index (Phi) is 11.2. The number of nitrogens with one attached hydrogen (secondary N) is 1. The van der Waals surface area contributed by atoms with Crippen LogP contribution in [-0.2, 0) is 32.8 Å². The molecule has 1 aliphatic carbocycles. The maximum absolute atomic E-state index is 14.5. The summed E-state index contributed by atoms with van der Waals surface area (Å²) in [7, 11) is -1.14. The molecule has 3 aromatic carbocycles. The zero-order valence-corrected chi connectivity index (χ0v) is 27.4. The van der Waals surface area contributed by atoms with E-state index in [1.807, 2.05) is 87.5 Å². The predicted molar refractivity (Wildman–Crippen MR) is 177 cm³/mol. The van der Waals surface area contributed by atoms with E-state index in [1.165, 1.54) is 18.4 Å². The molecule has 2 amide bonds. The van der Waals surface area contributed by atoms with E-state index < -0.39 is 28.7 Å². The molecule has 0 aromatic heterocycles. The maximum Gasteiger partial charge on any atom is 0.304 e. The first-order valence-electron chi connectivity index (χ1n) is 15.4. The molecule has 0 spiro atoms. The van der Waals surface area contributed by atoms with Gasteiger partial charge in [0.25, 0.3) is 0 Å². The first-order chi connectivity index (χ1) is 21.0. The smallest absolute Gasteiger partial charge is 0.304 e. The van der Waals surface area contributed by atoms with Crippen molar-refractivity contribution < 1.29 is 18.0 Å². The quantitative estimate of drug-likeness (QED) is 0.298. The number of hydrogen-bond donors (Lipinski definition) is 1. The second-order valence-electron chi connectivity index (χ2n) is 12.1. The van der Waals surface area contributed by atoms with Crippen LogP contribution in [0, 0.1) is 20.8 Å². The van der Waals surface area contributed by atoms with Gasteiger partial charge in [-0.25, -0.2) is 4.31 Å². The lowest BCUT2D eigenvalue weighted by atomic mass is 9.94. The topological polar surface area (TPSA) is 90.0 Å². The Bertz CT molecular complexity index is 1540. The number of aryl methyl sites for hydroxylation is 3. The molecule has 0 heterocycles. The number of carbonyl (C=O) groups is 2. The van der Waals surface area contributed by atoms with Gasteiger partial charge in [-0.2, -0.15) is 12.7 Å². The van der Waals surface area contributed by atoms with Crippen LogP contribution >= 0.6 is 0 Å². The maximum atomic E-state index is 14.5. The van der Waals surface area contributed by atoms with Gasteiger partial charge in [-0.05, 0) is 61.9 Å². The van der Waals surface area contributed by atoms with Gasteiger partial charge >= 0.3 is 10.2 Å². The first kappa shape index (κ1) is 33.2. The van der Waals surface area contributed by atoms with E-state index in [1.54, 1.807) is 11.0 Å². The minimum Gasteiger partial charge on any atom is -0.352 e. The van der Waals surface area contributed by atoms with Gasteiger partial charge in [-0.15, -0.1) is 0 Å². The SMILES string of the molecule is Cc1cccc(CN(C(=O)CN(c2cc(C)ccc2C)S(=O)(=O)N(C)C)C(Cc2ccccc2)C(=O)NC2CCCCC2)c1. The summed E-state index contributed by atoms with van der Waals surface area (Å²) >= 11 is 0. The van der Waals surface area contributed by atoms with Crippen LogP contribution in [0.4, 0.5) is 5.69 Å². The highest BCUT2D eigenvalue weighted by molar-refractivity contribution is 7.90. The van der Waals surface area contributed by atoms with E-state index in [-0.39, 0.29) is 18.5 Å². The third-order valence-electron chi connectivity index (χ3n) is 8.31. The van der Waals surface area contributed by atoms with Gasteiger partial charge in [0.05, 0.1) is 5.69 Å². The Balaban J connectivity index is 1.78. The standard InChI is InChI=1S/C35H46N4O4S/c1-26-13-12-16-30(21-26)24-38(33(23-29-14-8-6-9-15-29)35(41)36-31-17-10-7-11-18-31)34(40)25-39(44(42,43)37(4)5)32-22-27(2)19-20-28(32)3/h6,8-9,12-16,19-22,31,33H,7,10-11,17-18,23-25H2,1-5H3,(H,36,41). The van der Waals surface area contributed by atoms with Crippen LogP contribution < -0.4 is 9.62 Å². The normalized spacial score (nSPS) is 14.7. The minimum atomic E-state index is -4.05. The van der Waals surface area contributed by atoms with Crippen molar-refractivity contribution in [3.8, 4) is 0 Å². The molecule has 1 N–H and O–H groups in total. The van der Waals surface area contributed by atoms with Gasteiger partial charge in [0, 0.05) is 33.1 Å². The van der Waals surface area contributed by atoms with Crippen molar-refractivity contribution in [1.29, 1.82) is 0 Å². The molecular formula is C35H46N4O4S. The average Bonchev–Trinajstić information content (AvgIpc) is 2.99. The van der Waals surface area contributed by atoms with Crippen LogP contribution in [0.5, 0.6) is 0 Å². The third-order valence-corrected chi connectivity index (χ3v) is 10.1. The number of nitrogens with zero attached hydrogens (tertiary/aromatic N) is 3. The summed E-state index contributed by atoms with van der Waals surface area (Å²) in [6.07, 6.45) is 5.42. The molecule has 236 valence electrons. The Hall–Kier alpha value is -3.69. The van der Waals surface area contributed by atoms with Crippen LogP contribution in [0.1, 0.15) is 59.9 Å². The monoisotopic (exact) mass is 618 g/mol. The molecule has 1 atom stereocenters. The third kappa shape index (κ3) is 8.48. The molecule has 0 aliphatic heterocycles. The van der Waals surface area contributed by atoms with Crippen molar-refractivity contribution in [2.75, 3.05) is 24.9 Å². The summed E-state index contributed by atoms with van der Waals surface area (Å²) < 4.78 is 29.7. The largest absolute Gasteiger partial charge is 0.352 e. The molecule has 0 radical (unpaired) electrons. The Labute approximate surface area is 263 Å². The number of anilines is 1. The Morgan fingerprint density at radius 1 is 0.841 bits per heavy atom. The Morgan fingerprint density at radius 3 is 2.16 bits per heavy atom. The van der Waals surface area contributed by atoms with Gasteiger partial charge in [0.2, 0.25) is 11.8 Å². The van der Waals surface area contributed by atoms with E-state index in [9.17, 15) is 18.0 Å². The van der Waals surface area contributed by atoms with E-state index >= 15 is 0 Å². The minimum absolute atomic E-state index is 0.0611. The fourth-order valence-corrected chi connectivity index (χ4v) is 6.91. The highest BCUT2D eigenvalue weighted by atomic mass is 32.2. The van der Waals surface area contributed by atoms with Crippen molar-refractivity contribution in [3.63, 3.8) is 0 Å². The zero-order valence-electron chi connectivity index (χ0n) is 26.6. The molecular weight excluding hydrogens is 572 g/mol. The molecule has 8 nitrogen and oxygen atoms in total. The number of carbonyl (C=O) groups excluding carboxylic acids is 2. The predicted octanol–water partition coefficient (Wildman–Crippen LogP) is 5.31. The second-order valence-corrected chi connectivity index (χ2v) is 14.2. The van der Waals surface area contributed by atoms with E-state index in [2.05, 4.69) is 5.32 Å². The highest BCUT2D eigenvalue weighted by Gasteiger charge is 2.36. The highest BCUT2D eigenvalue weighted by Crippen LogP contribution is 2.27. The summed E-state index contributed by atoms with van der Waals surface area (Å²) in [5.41, 5.74) is 4.88. The van der Waals surface area contributed by atoms with E-state index in [0.29, 0.717) is 12.1 Å². The van der Waals surface area contributed by atoms with Crippen molar-refractivity contribution in [2.24, 2.45) is 0 Å². The number of rotatable bonds is 12. The first-order valence-corrected chi connectivity index (χ1v) is 16.8.